The number of nitrogen functional groups attached to an aromatic ring is 1. The van der Waals surface area contributed by atoms with E-state index in [0.29, 0.717) is 11.4 Å². The maximum absolute atomic E-state index is 12.2. The topological polar surface area (TPSA) is 90.6 Å². The minimum atomic E-state index is -1.03. The molecule has 2 rings (SSSR count). The third-order valence-electron chi connectivity index (χ3n) is 3.29. The number of amides is 1. The van der Waals surface area contributed by atoms with E-state index in [0.717, 1.165) is 0 Å². The third kappa shape index (κ3) is 3.97. The highest BCUT2D eigenvalue weighted by Gasteiger charge is 2.21. The van der Waals surface area contributed by atoms with Crippen molar-refractivity contribution in [2.24, 2.45) is 0 Å². The SMILES string of the molecule is COc1ccccc1NC(=O)C(C)OC(=O)c1cccc(Cl)c1N. The van der Waals surface area contributed by atoms with Crippen LogP contribution in [0.25, 0.3) is 0 Å². The van der Waals surface area contributed by atoms with Crippen LogP contribution in [0.5, 0.6) is 5.75 Å². The fourth-order valence-electron chi connectivity index (χ4n) is 1.97. The lowest BCUT2D eigenvalue weighted by Crippen LogP contribution is -2.30. The van der Waals surface area contributed by atoms with Crippen molar-refractivity contribution in [2.45, 2.75) is 13.0 Å². The van der Waals surface area contributed by atoms with Crippen molar-refractivity contribution in [2.75, 3.05) is 18.2 Å². The van der Waals surface area contributed by atoms with E-state index < -0.39 is 18.0 Å². The molecule has 3 N–H and O–H groups in total. The number of methoxy groups -OCH3 is 1. The number of anilines is 2. The lowest BCUT2D eigenvalue weighted by atomic mass is 10.2. The second-order valence-electron chi connectivity index (χ2n) is 4.94. The Balaban J connectivity index is 2.06. The van der Waals surface area contributed by atoms with E-state index in [1.54, 1.807) is 36.4 Å². The summed E-state index contributed by atoms with van der Waals surface area (Å²) in [6.45, 7) is 1.46. The van der Waals surface area contributed by atoms with E-state index in [-0.39, 0.29) is 16.3 Å². The summed E-state index contributed by atoms with van der Waals surface area (Å²) >= 11 is 5.87. The lowest BCUT2D eigenvalue weighted by Gasteiger charge is -2.15. The monoisotopic (exact) mass is 348 g/mol. The molecular weight excluding hydrogens is 332 g/mol. The number of para-hydroxylation sites is 3. The molecular formula is C17H17ClN2O4. The van der Waals surface area contributed by atoms with Crippen molar-refractivity contribution < 1.29 is 19.1 Å². The van der Waals surface area contributed by atoms with Crippen LogP contribution in [-0.2, 0) is 9.53 Å². The summed E-state index contributed by atoms with van der Waals surface area (Å²) in [5, 5.41) is 2.89. The molecule has 0 aliphatic heterocycles. The Bertz CT molecular complexity index is 764. The number of ether oxygens (including phenoxy) is 2. The summed E-state index contributed by atoms with van der Waals surface area (Å²) in [7, 11) is 1.50. The zero-order chi connectivity index (χ0) is 17.7. The van der Waals surface area contributed by atoms with Crippen molar-refractivity contribution >= 4 is 34.9 Å². The van der Waals surface area contributed by atoms with Crippen LogP contribution < -0.4 is 15.8 Å². The van der Waals surface area contributed by atoms with Gasteiger partial charge in [-0.3, -0.25) is 4.79 Å². The van der Waals surface area contributed by atoms with E-state index in [1.807, 2.05) is 0 Å². The Morgan fingerprint density at radius 1 is 1.17 bits per heavy atom. The molecule has 2 aromatic rings. The molecule has 0 aliphatic rings. The molecule has 126 valence electrons. The van der Waals surface area contributed by atoms with Gasteiger partial charge in [0.25, 0.3) is 5.91 Å². The quantitative estimate of drug-likeness (QED) is 0.640. The first-order valence-electron chi connectivity index (χ1n) is 7.13. The molecule has 0 radical (unpaired) electrons. The molecule has 24 heavy (non-hydrogen) atoms. The fraction of sp³-hybridized carbons (Fsp3) is 0.176. The number of benzene rings is 2. The molecule has 7 heteroatoms. The van der Waals surface area contributed by atoms with Gasteiger partial charge >= 0.3 is 5.97 Å². The highest BCUT2D eigenvalue weighted by atomic mass is 35.5. The zero-order valence-corrected chi connectivity index (χ0v) is 14.0. The van der Waals surface area contributed by atoms with Gasteiger partial charge in [-0.05, 0) is 31.2 Å². The van der Waals surface area contributed by atoms with Crippen LogP contribution >= 0.6 is 11.6 Å². The molecule has 0 heterocycles. The van der Waals surface area contributed by atoms with Crippen LogP contribution in [0.1, 0.15) is 17.3 Å². The van der Waals surface area contributed by atoms with Crippen LogP contribution in [0, 0.1) is 0 Å². The van der Waals surface area contributed by atoms with Crippen molar-refractivity contribution in [3.63, 3.8) is 0 Å². The number of nitrogens with two attached hydrogens (primary N) is 1. The van der Waals surface area contributed by atoms with Crippen molar-refractivity contribution in [1.29, 1.82) is 0 Å². The Hall–Kier alpha value is -2.73. The van der Waals surface area contributed by atoms with Crippen LogP contribution in [0.3, 0.4) is 0 Å². The average Bonchev–Trinajstić information content (AvgIpc) is 2.57. The van der Waals surface area contributed by atoms with Crippen LogP contribution in [0.4, 0.5) is 11.4 Å². The highest BCUT2D eigenvalue weighted by Crippen LogP contribution is 2.25. The summed E-state index contributed by atoms with van der Waals surface area (Å²) in [4.78, 5) is 24.3. The molecule has 0 saturated carbocycles. The zero-order valence-electron chi connectivity index (χ0n) is 13.2. The summed E-state index contributed by atoms with van der Waals surface area (Å²) in [6.07, 6.45) is -1.03. The van der Waals surface area contributed by atoms with Crippen molar-refractivity contribution in [3.05, 3.63) is 53.1 Å². The first kappa shape index (κ1) is 17.6. The Morgan fingerprint density at radius 2 is 1.88 bits per heavy atom. The van der Waals surface area contributed by atoms with E-state index >= 15 is 0 Å². The van der Waals surface area contributed by atoms with Crippen molar-refractivity contribution in [3.8, 4) is 5.75 Å². The highest BCUT2D eigenvalue weighted by molar-refractivity contribution is 6.33. The summed E-state index contributed by atoms with van der Waals surface area (Å²) in [5.74, 6) is -0.713. The molecule has 1 atom stereocenters. The van der Waals surface area contributed by atoms with Gasteiger partial charge in [0.2, 0.25) is 0 Å². The minimum absolute atomic E-state index is 0.111. The van der Waals surface area contributed by atoms with Crippen LogP contribution in [-0.4, -0.2) is 25.1 Å². The first-order valence-corrected chi connectivity index (χ1v) is 7.50. The molecule has 0 aromatic heterocycles. The van der Waals surface area contributed by atoms with Crippen LogP contribution in [0.15, 0.2) is 42.5 Å². The second kappa shape index (κ2) is 7.70. The van der Waals surface area contributed by atoms with E-state index in [2.05, 4.69) is 5.32 Å². The van der Waals surface area contributed by atoms with Gasteiger partial charge in [-0.2, -0.15) is 0 Å². The number of halogens is 1. The normalized spacial score (nSPS) is 11.5. The molecule has 6 nitrogen and oxygen atoms in total. The number of hydrogen-bond donors (Lipinski definition) is 2. The molecule has 1 amide bonds. The van der Waals surface area contributed by atoms with Gasteiger partial charge in [0.05, 0.1) is 29.1 Å². The maximum atomic E-state index is 12.2. The molecule has 0 spiro atoms. The number of carbonyl (C=O) groups is 2. The van der Waals surface area contributed by atoms with E-state index in [4.69, 9.17) is 26.8 Å². The molecule has 1 unspecified atom stereocenters. The fourth-order valence-corrected chi connectivity index (χ4v) is 2.15. The Labute approximate surface area is 144 Å². The number of hydrogen-bond acceptors (Lipinski definition) is 5. The number of carbonyl (C=O) groups excluding carboxylic acids is 2. The molecule has 0 aliphatic carbocycles. The summed E-state index contributed by atoms with van der Waals surface area (Å²) < 4.78 is 10.3. The van der Waals surface area contributed by atoms with Crippen LogP contribution in [0.2, 0.25) is 5.02 Å². The van der Waals surface area contributed by atoms with E-state index in [1.165, 1.54) is 20.1 Å². The number of rotatable bonds is 5. The largest absolute Gasteiger partial charge is 0.495 e. The maximum Gasteiger partial charge on any atom is 0.341 e. The molecule has 0 bridgehead atoms. The predicted octanol–water partition coefficient (Wildman–Crippen LogP) is 3.11. The summed E-state index contributed by atoms with van der Waals surface area (Å²) in [5.41, 5.74) is 6.45. The van der Waals surface area contributed by atoms with Gasteiger partial charge in [0, 0.05) is 0 Å². The van der Waals surface area contributed by atoms with Gasteiger partial charge in [0.15, 0.2) is 6.10 Å². The van der Waals surface area contributed by atoms with E-state index in [9.17, 15) is 9.59 Å². The molecule has 2 aromatic carbocycles. The average molecular weight is 349 g/mol. The molecule has 0 saturated heterocycles. The van der Waals surface area contributed by atoms with Crippen molar-refractivity contribution in [1.82, 2.24) is 0 Å². The van der Waals surface area contributed by atoms with Gasteiger partial charge in [-0.25, -0.2) is 4.79 Å². The number of nitrogens with one attached hydrogen (secondary N) is 1. The number of esters is 1. The molecule has 0 fully saturated rings. The second-order valence-corrected chi connectivity index (χ2v) is 5.35. The predicted molar refractivity (Wildman–Crippen MR) is 92.4 cm³/mol. The Kier molecular flexibility index (Phi) is 5.65. The minimum Gasteiger partial charge on any atom is -0.495 e. The Morgan fingerprint density at radius 3 is 2.58 bits per heavy atom. The van der Waals surface area contributed by atoms with Gasteiger partial charge < -0.3 is 20.5 Å². The standard InChI is InChI=1S/C17H17ClN2O4/c1-10(16(21)20-13-8-3-4-9-14(13)23-2)24-17(22)11-6-5-7-12(18)15(11)19/h3-10H,19H2,1-2H3,(H,20,21). The smallest absolute Gasteiger partial charge is 0.341 e. The first-order chi connectivity index (χ1) is 11.4. The van der Waals surface area contributed by atoms with Gasteiger partial charge in [-0.1, -0.05) is 29.8 Å². The van der Waals surface area contributed by atoms with Gasteiger partial charge in [-0.15, -0.1) is 0 Å². The lowest BCUT2D eigenvalue weighted by molar-refractivity contribution is -0.123. The third-order valence-corrected chi connectivity index (χ3v) is 3.62. The van der Waals surface area contributed by atoms with Gasteiger partial charge in [0.1, 0.15) is 5.75 Å². The summed E-state index contributed by atoms with van der Waals surface area (Å²) in [6, 6.07) is 11.5.